The number of pyridine rings is 1. The van der Waals surface area contributed by atoms with Crippen LogP contribution in [0.1, 0.15) is 23.3 Å². The van der Waals surface area contributed by atoms with Gasteiger partial charge in [-0.1, -0.05) is 0 Å². The zero-order valence-electron chi connectivity index (χ0n) is 9.90. The first-order chi connectivity index (χ1) is 8.27. The van der Waals surface area contributed by atoms with Crippen LogP contribution in [0.3, 0.4) is 0 Å². The highest BCUT2D eigenvalue weighted by molar-refractivity contribution is 5.93. The molecule has 1 aromatic heterocycles. The van der Waals surface area contributed by atoms with Gasteiger partial charge in [-0.25, -0.2) is 0 Å². The number of nitrogens with zero attached hydrogens (tertiary/aromatic N) is 1. The lowest BCUT2D eigenvalue weighted by Crippen LogP contribution is -2.25. The van der Waals surface area contributed by atoms with Crippen LogP contribution in [0.15, 0.2) is 18.3 Å². The number of anilines is 1. The number of rotatable bonds is 7. The lowest BCUT2D eigenvalue weighted by atomic mass is 10.3. The van der Waals surface area contributed by atoms with E-state index in [1.165, 1.54) is 6.20 Å². The number of unbranched alkanes of at least 4 members (excludes halogenated alkanes) is 1. The molecule has 0 unspecified atom stereocenters. The fourth-order valence-corrected chi connectivity index (χ4v) is 1.31. The highest BCUT2D eigenvalue weighted by Crippen LogP contribution is 2.05. The van der Waals surface area contributed by atoms with Gasteiger partial charge in [0.25, 0.3) is 5.91 Å². The number of nitrogens with one attached hydrogen (secondary N) is 2. The lowest BCUT2D eigenvalue weighted by Gasteiger charge is -2.05. The molecule has 1 heterocycles. The number of ether oxygens (including phenoxy) is 1. The fraction of sp³-hybridized carbons (Fsp3) is 0.455. The van der Waals surface area contributed by atoms with Crippen molar-refractivity contribution in [3.63, 3.8) is 0 Å². The Labute approximate surface area is 101 Å². The van der Waals surface area contributed by atoms with E-state index in [0.717, 1.165) is 12.8 Å². The number of carbonyl (C=O) groups excluding carboxylic acids is 1. The van der Waals surface area contributed by atoms with Crippen molar-refractivity contribution in [2.75, 3.05) is 25.7 Å². The number of aromatic nitrogens is 1. The summed E-state index contributed by atoms with van der Waals surface area (Å²) in [6, 6.07) is 3.29. The molecule has 0 saturated heterocycles. The van der Waals surface area contributed by atoms with E-state index >= 15 is 0 Å². The third-order valence-electron chi connectivity index (χ3n) is 2.22. The predicted molar refractivity (Wildman–Crippen MR) is 65.5 cm³/mol. The Balaban J connectivity index is 2.36. The van der Waals surface area contributed by atoms with E-state index in [0.29, 0.717) is 24.5 Å². The van der Waals surface area contributed by atoms with Crippen molar-refractivity contribution < 1.29 is 9.53 Å². The number of methoxy groups -OCH3 is 1. The van der Waals surface area contributed by atoms with Crippen LogP contribution in [0.25, 0.3) is 0 Å². The molecule has 6 nitrogen and oxygen atoms in total. The zero-order chi connectivity index (χ0) is 12.5. The number of hydrogen-bond donors (Lipinski definition) is 3. The summed E-state index contributed by atoms with van der Waals surface area (Å²) >= 11 is 0. The minimum Gasteiger partial charge on any atom is -0.385 e. The van der Waals surface area contributed by atoms with Gasteiger partial charge in [-0.3, -0.25) is 15.6 Å². The Hall–Kier alpha value is -1.66. The van der Waals surface area contributed by atoms with Crippen molar-refractivity contribution in [1.29, 1.82) is 0 Å². The van der Waals surface area contributed by atoms with Crippen molar-refractivity contribution >= 4 is 11.6 Å². The van der Waals surface area contributed by atoms with Crippen molar-refractivity contribution in [3.05, 3.63) is 24.0 Å². The monoisotopic (exact) mass is 238 g/mol. The van der Waals surface area contributed by atoms with E-state index in [4.69, 9.17) is 10.6 Å². The summed E-state index contributed by atoms with van der Waals surface area (Å²) < 4.78 is 4.92. The fourth-order valence-electron chi connectivity index (χ4n) is 1.31. The molecule has 6 heteroatoms. The van der Waals surface area contributed by atoms with Crippen LogP contribution in [-0.2, 0) is 4.74 Å². The van der Waals surface area contributed by atoms with Gasteiger partial charge in [0, 0.05) is 26.5 Å². The second-order valence-corrected chi connectivity index (χ2v) is 3.53. The second kappa shape index (κ2) is 7.59. The van der Waals surface area contributed by atoms with E-state index in [9.17, 15) is 4.79 Å². The van der Waals surface area contributed by atoms with Crippen LogP contribution in [0.5, 0.6) is 0 Å². The van der Waals surface area contributed by atoms with Gasteiger partial charge in [-0.2, -0.15) is 0 Å². The second-order valence-electron chi connectivity index (χ2n) is 3.53. The van der Waals surface area contributed by atoms with E-state index in [1.807, 2.05) is 0 Å². The summed E-state index contributed by atoms with van der Waals surface area (Å²) in [5.41, 5.74) is 3.48. The van der Waals surface area contributed by atoms with Gasteiger partial charge < -0.3 is 15.5 Å². The molecule has 1 rings (SSSR count). The molecule has 0 radical (unpaired) electrons. The van der Waals surface area contributed by atoms with Crippen LogP contribution in [0.2, 0.25) is 0 Å². The van der Waals surface area contributed by atoms with Crippen molar-refractivity contribution in [2.45, 2.75) is 12.8 Å². The lowest BCUT2D eigenvalue weighted by molar-refractivity contribution is 0.0946. The molecule has 0 saturated carbocycles. The minimum absolute atomic E-state index is 0.195. The van der Waals surface area contributed by atoms with Crippen LogP contribution in [0.4, 0.5) is 5.69 Å². The molecular weight excluding hydrogens is 220 g/mol. The normalized spacial score (nSPS) is 10.0. The molecule has 94 valence electrons. The summed E-state index contributed by atoms with van der Waals surface area (Å²) in [4.78, 5) is 15.6. The average molecular weight is 238 g/mol. The SMILES string of the molecule is COCCCCNC(=O)c1cc(NN)ccn1. The summed E-state index contributed by atoms with van der Waals surface area (Å²) in [6.07, 6.45) is 3.35. The number of nitrogen functional groups attached to an aromatic ring is 1. The Morgan fingerprint density at radius 2 is 2.35 bits per heavy atom. The van der Waals surface area contributed by atoms with Gasteiger partial charge in [0.05, 0.1) is 5.69 Å². The van der Waals surface area contributed by atoms with E-state index < -0.39 is 0 Å². The molecule has 0 aliphatic rings. The smallest absolute Gasteiger partial charge is 0.269 e. The molecule has 0 fully saturated rings. The number of hydrazine groups is 1. The van der Waals surface area contributed by atoms with Gasteiger partial charge in [-0.05, 0) is 25.0 Å². The molecule has 1 aromatic rings. The maximum atomic E-state index is 11.7. The van der Waals surface area contributed by atoms with Crippen LogP contribution >= 0.6 is 0 Å². The van der Waals surface area contributed by atoms with Gasteiger partial charge >= 0.3 is 0 Å². The Morgan fingerprint density at radius 1 is 1.53 bits per heavy atom. The molecule has 17 heavy (non-hydrogen) atoms. The molecule has 1 amide bonds. The van der Waals surface area contributed by atoms with E-state index in [1.54, 1.807) is 19.2 Å². The van der Waals surface area contributed by atoms with Gasteiger partial charge in [0.2, 0.25) is 0 Å². The molecule has 0 bridgehead atoms. The number of nitrogens with two attached hydrogens (primary N) is 1. The Morgan fingerprint density at radius 3 is 3.06 bits per heavy atom. The first-order valence-electron chi connectivity index (χ1n) is 5.47. The third-order valence-corrected chi connectivity index (χ3v) is 2.22. The first-order valence-corrected chi connectivity index (χ1v) is 5.47. The zero-order valence-corrected chi connectivity index (χ0v) is 9.90. The highest BCUT2D eigenvalue weighted by atomic mass is 16.5. The molecule has 0 aliphatic carbocycles. The quantitative estimate of drug-likeness (QED) is 0.366. The molecule has 4 N–H and O–H groups in total. The highest BCUT2D eigenvalue weighted by Gasteiger charge is 2.06. The average Bonchev–Trinajstić information content (AvgIpc) is 2.38. The maximum Gasteiger partial charge on any atom is 0.269 e. The Bertz CT molecular complexity index is 357. The largest absolute Gasteiger partial charge is 0.385 e. The van der Waals surface area contributed by atoms with E-state index in [-0.39, 0.29) is 5.91 Å². The number of hydrogen-bond acceptors (Lipinski definition) is 5. The van der Waals surface area contributed by atoms with Crippen LogP contribution in [0, 0.1) is 0 Å². The summed E-state index contributed by atoms with van der Waals surface area (Å²) in [5, 5.41) is 2.78. The molecular formula is C11H18N4O2. The standard InChI is InChI=1S/C11H18N4O2/c1-17-7-3-2-5-14-11(16)10-8-9(15-12)4-6-13-10/h4,6,8H,2-3,5,7,12H2,1H3,(H,13,15)(H,14,16). The molecule has 0 aliphatic heterocycles. The summed E-state index contributed by atoms with van der Waals surface area (Å²) in [6.45, 7) is 1.32. The minimum atomic E-state index is -0.195. The topological polar surface area (TPSA) is 89.3 Å². The summed E-state index contributed by atoms with van der Waals surface area (Å²) in [5.74, 6) is 5.06. The molecule has 0 spiro atoms. The Kier molecular flexibility index (Phi) is 5.98. The first kappa shape index (κ1) is 13.4. The van der Waals surface area contributed by atoms with Crippen LogP contribution in [-0.4, -0.2) is 31.2 Å². The number of amides is 1. The summed E-state index contributed by atoms with van der Waals surface area (Å²) in [7, 11) is 1.66. The maximum absolute atomic E-state index is 11.7. The van der Waals surface area contributed by atoms with Gasteiger partial charge in [0.15, 0.2) is 0 Å². The molecule has 0 aromatic carbocycles. The van der Waals surface area contributed by atoms with Crippen molar-refractivity contribution in [3.8, 4) is 0 Å². The van der Waals surface area contributed by atoms with Crippen molar-refractivity contribution in [1.82, 2.24) is 10.3 Å². The third kappa shape index (κ3) is 4.80. The molecule has 0 atom stereocenters. The van der Waals surface area contributed by atoms with Gasteiger partial charge in [0.1, 0.15) is 5.69 Å². The van der Waals surface area contributed by atoms with Crippen LogP contribution < -0.4 is 16.6 Å². The van der Waals surface area contributed by atoms with E-state index in [2.05, 4.69) is 15.7 Å². The predicted octanol–water partition coefficient (Wildman–Crippen LogP) is 0.524. The van der Waals surface area contributed by atoms with Gasteiger partial charge in [-0.15, -0.1) is 0 Å². The van der Waals surface area contributed by atoms with Crippen molar-refractivity contribution in [2.24, 2.45) is 5.84 Å². The number of carbonyl (C=O) groups is 1.